The number of alkyl halides is 3. The minimum absolute atomic E-state index is 0.00455. The van der Waals surface area contributed by atoms with E-state index in [4.69, 9.17) is 4.42 Å². The summed E-state index contributed by atoms with van der Waals surface area (Å²) in [5, 5.41) is 23.3. The molecule has 43 heavy (non-hydrogen) atoms. The lowest BCUT2D eigenvalue weighted by atomic mass is 9.82. The van der Waals surface area contributed by atoms with Gasteiger partial charge in [-0.25, -0.2) is 0 Å². The van der Waals surface area contributed by atoms with Crippen LogP contribution in [0.25, 0.3) is 11.5 Å². The van der Waals surface area contributed by atoms with Gasteiger partial charge in [0.1, 0.15) is 6.09 Å². The first-order valence-corrected chi connectivity index (χ1v) is 14.0. The standard InChI is InChI=1S/C31H37F3N4O5/c1-6-7-13-23(26(39)27(40)35-19(2)20-11-9-8-10-12-20)38(29(41)42)24(30(3,4)5)18-25-36-37-28(43-25)21-14-16-22(17-15-21)31(32,33)34/h8-12,14-17,19,23-24H,6-7,13,18H2,1-5H3,(H,35,40)(H,41,42)/p-1/t19-,23+,24+/m1/s1. The first kappa shape index (κ1) is 33.3. The number of nitrogens with one attached hydrogen (secondary N) is 1. The minimum atomic E-state index is -4.50. The van der Waals surface area contributed by atoms with E-state index < -0.39 is 53.1 Å². The molecule has 3 atom stereocenters. The van der Waals surface area contributed by atoms with Gasteiger partial charge in [-0.3, -0.25) is 9.59 Å². The molecular weight excluding hydrogens is 565 g/mol. The smallest absolute Gasteiger partial charge is 0.416 e. The van der Waals surface area contributed by atoms with Crippen molar-refractivity contribution in [2.24, 2.45) is 5.41 Å². The molecule has 0 aliphatic heterocycles. The lowest BCUT2D eigenvalue weighted by molar-refractivity contribution is -0.272. The number of benzene rings is 2. The molecule has 0 saturated carbocycles. The van der Waals surface area contributed by atoms with Gasteiger partial charge in [0.05, 0.1) is 17.6 Å². The predicted octanol–water partition coefficient (Wildman–Crippen LogP) is 5.36. The topological polar surface area (TPSA) is 128 Å². The third kappa shape index (κ3) is 8.65. The van der Waals surface area contributed by atoms with Crippen molar-refractivity contribution in [3.05, 3.63) is 71.6 Å². The molecule has 9 nitrogen and oxygen atoms in total. The van der Waals surface area contributed by atoms with Crippen LogP contribution in [-0.2, 0) is 22.2 Å². The van der Waals surface area contributed by atoms with Crippen molar-refractivity contribution in [1.82, 2.24) is 20.4 Å². The van der Waals surface area contributed by atoms with Crippen molar-refractivity contribution in [3.8, 4) is 11.5 Å². The maximum Gasteiger partial charge on any atom is 0.416 e. The highest BCUT2D eigenvalue weighted by molar-refractivity contribution is 6.38. The largest absolute Gasteiger partial charge is 0.530 e. The number of carbonyl (C=O) groups is 3. The van der Waals surface area contributed by atoms with Crippen molar-refractivity contribution >= 4 is 17.8 Å². The fourth-order valence-electron chi connectivity index (χ4n) is 4.75. The summed E-state index contributed by atoms with van der Waals surface area (Å²) in [6.45, 7) is 8.89. The number of nitrogens with zero attached hydrogens (tertiary/aromatic N) is 3. The Kier molecular flexibility index (Phi) is 10.7. The lowest BCUT2D eigenvalue weighted by Crippen LogP contribution is -2.61. The molecule has 1 heterocycles. The van der Waals surface area contributed by atoms with E-state index in [1.54, 1.807) is 52.0 Å². The molecule has 3 rings (SSSR count). The fraction of sp³-hybridized carbons (Fsp3) is 0.452. The van der Waals surface area contributed by atoms with Crippen LogP contribution in [0.15, 0.2) is 59.0 Å². The molecule has 0 bridgehead atoms. The molecule has 0 saturated heterocycles. The van der Waals surface area contributed by atoms with Crippen LogP contribution in [0.1, 0.15) is 76.9 Å². The Hall–Kier alpha value is -4.22. The zero-order chi connectivity index (χ0) is 31.9. The van der Waals surface area contributed by atoms with E-state index in [-0.39, 0.29) is 30.2 Å². The van der Waals surface area contributed by atoms with Gasteiger partial charge < -0.3 is 24.5 Å². The number of carbonyl (C=O) groups excluding carboxylic acids is 3. The first-order chi connectivity index (χ1) is 20.1. The average Bonchev–Trinajstić information content (AvgIpc) is 3.42. The lowest BCUT2D eigenvalue weighted by Gasteiger charge is -2.45. The maximum absolute atomic E-state index is 13.6. The Morgan fingerprint density at radius 1 is 1.00 bits per heavy atom. The SMILES string of the molecule is CCCC[C@@H](C(=O)C(=O)N[C@H](C)c1ccccc1)N(C(=O)[O-])[C@@H](Cc1nnc(-c2ccc(C(F)(F)F)cc2)o1)C(C)(C)C. The third-order valence-electron chi connectivity index (χ3n) is 7.18. The first-order valence-electron chi connectivity index (χ1n) is 14.0. The highest BCUT2D eigenvalue weighted by atomic mass is 19.4. The van der Waals surface area contributed by atoms with E-state index >= 15 is 0 Å². The van der Waals surface area contributed by atoms with Gasteiger partial charge in [0, 0.05) is 18.0 Å². The van der Waals surface area contributed by atoms with Gasteiger partial charge in [-0.2, -0.15) is 13.2 Å². The van der Waals surface area contributed by atoms with E-state index in [1.807, 2.05) is 13.0 Å². The summed E-state index contributed by atoms with van der Waals surface area (Å²) < 4.78 is 44.6. The van der Waals surface area contributed by atoms with Gasteiger partial charge in [-0.15, -0.1) is 10.2 Å². The zero-order valence-electron chi connectivity index (χ0n) is 24.8. The van der Waals surface area contributed by atoms with Crippen molar-refractivity contribution in [3.63, 3.8) is 0 Å². The second-order valence-electron chi connectivity index (χ2n) is 11.5. The normalized spacial score (nSPS) is 14.0. The van der Waals surface area contributed by atoms with E-state index in [0.29, 0.717) is 12.8 Å². The van der Waals surface area contributed by atoms with Crippen LogP contribution >= 0.6 is 0 Å². The van der Waals surface area contributed by atoms with Gasteiger partial charge in [-0.05, 0) is 48.6 Å². The number of hydrogen-bond acceptors (Lipinski definition) is 7. The molecule has 1 aromatic heterocycles. The maximum atomic E-state index is 13.6. The van der Waals surface area contributed by atoms with E-state index in [0.717, 1.165) is 22.6 Å². The van der Waals surface area contributed by atoms with Crippen molar-refractivity contribution in [1.29, 1.82) is 0 Å². The Bertz CT molecular complexity index is 1380. The molecule has 12 heteroatoms. The molecule has 1 N–H and O–H groups in total. The summed E-state index contributed by atoms with van der Waals surface area (Å²) in [4.78, 5) is 40.2. The predicted molar refractivity (Wildman–Crippen MR) is 150 cm³/mol. The number of halogens is 3. The van der Waals surface area contributed by atoms with Gasteiger partial charge in [0.2, 0.25) is 17.6 Å². The number of unbranched alkanes of at least 4 members (excludes halogenated alkanes) is 1. The van der Waals surface area contributed by atoms with E-state index in [1.165, 1.54) is 12.1 Å². The van der Waals surface area contributed by atoms with Gasteiger partial charge in [0.15, 0.2) is 0 Å². The second kappa shape index (κ2) is 13.8. The molecule has 0 fully saturated rings. The monoisotopic (exact) mass is 601 g/mol. The number of Topliss-reactive ketones (excluding diaryl/α,β-unsaturated/α-hetero) is 1. The van der Waals surface area contributed by atoms with Gasteiger partial charge in [-0.1, -0.05) is 70.9 Å². The Morgan fingerprint density at radius 3 is 2.16 bits per heavy atom. The average molecular weight is 602 g/mol. The molecule has 0 aliphatic rings. The summed E-state index contributed by atoms with van der Waals surface area (Å²) in [5.74, 6) is -1.88. The molecule has 0 aliphatic carbocycles. The molecule has 0 unspecified atom stereocenters. The van der Waals surface area contributed by atoms with Crippen molar-refractivity contribution < 1.29 is 37.1 Å². The van der Waals surface area contributed by atoms with Crippen LogP contribution < -0.4 is 10.4 Å². The van der Waals surface area contributed by atoms with Crippen LogP contribution in [0.3, 0.4) is 0 Å². The Labute approximate surface area is 248 Å². The van der Waals surface area contributed by atoms with E-state index in [9.17, 15) is 32.7 Å². The fourth-order valence-corrected chi connectivity index (χ4v) is 4.75. The van der Waals surface area contributed by atoms with Crippen LogP contribution in [0.5, 0.6) is 0 Å². The number of ketones is 1. The summed E-state index contributed by atoms with van der Waals surface area (Å²) >= 11 is 0. The molecule has 232 valence electrons. The second-order valence-corrected chi connectivity index (χ2v) is 11.5. The molecular formula is C31H36F3N4O5-. The summed E-state index contributed by atoms with van der Waals surface area (Å²) in [5.41, 5.74) is -0.602. The van der Waals surface area contributed by atoms with Crippen LogP contribution in [0.2, 0.25) is 0 Å². The molecule has 0 radical (unpaired) electrons. The highest BCUT2D eigenvalue weighted by Crippen LogP contribution is 2.33. The van der Waals surface area contributed by atoms with Crippen LogP contribution in [0.4, 0.5) is 18.0 Å². The molecule has 2 amide bonds. The Balaban J connectivity index is 1.90. The number of amides is 2. The summed E-state index contributed by atoms with van der Waals surface area (Å²) in [6.07, 6.45) is -5.08. The summed E-state index contributed by atoms with van der Waals surface area (Å²) in [7, 11) is 0. The molecule has 2 aromatic carbocycles. The molecule has 3 aromatic rings. The van der Waals surface area contributed by atoms with Crippen molar-refractivity contribution in [2.75, 3.05) is 0 Å². The summed E-state index contributed by atoms with van der Waals surface area (Å²) in [6, 6.07) is 10.4. The Morgan fingerprint density at radius 2 is 1.63 bits per heavy atom. The molecule has 0 spiro atoms. The minimum Gasteiger partial charge on any atom is -0.530 e. The van der Waals surface area contributed by atoms with Gasteiger partial charge >= 0.3 is 6.18 Å². The van der Waals surface area contributed by atoms with E-state index in [2.05, 4.69) is 15.5 Å². The third-order valence-corrected chi connectivity index (χ3v) is 7.18. The van der Waals surface area contributed by atoms with Crippen LogP contribution in [-0.4, -0.2) is 45.0 Å². The number of carboxylic acid groups (broad SMARTS) is 1. The number of rotatable bonds is 12. The number of hydrogen-bond donors (Lipinski definition) is 1. The van der Waals surface area contributed by atoms with Crippen molar-refractivity contribution in [2.45, 2.75) is 84.6 Å². The zero-order valence-corrected chi connectivity index (χ0v) is 24.8. The number of aromatic nitrogens is 2. The quantitative estimate of drug-likeness (QED) is 0.277. The van der Waals surface area contributed by atoms with Gasteiger partial charge in [0.25, 0.3) is 5.91 Å². The van der Waals surface area contributed by atoms with Crippen LogP contribution in [0, 0.1) is 5.41 Å². The highest BCUT2D eigenvalue weighted by Gasteiger charge is 2.40.